The van der Waals surface area contributed by atoms with Crippen molar-refractivity contribution in [3.8, 4) is 5.75 Å². The molecule has 0 spiro atoms. The topological polar surface area (TPSA) is 32.8 Å². The van der Waals surface area contributed by atoms with E-state index in [4.69, 9.17) is 4.74 Å². The third kappa shape index (κ3) is 4.94. The smallest absolute Gasteiger partial charge is 0.264 e. The number of carbonyl (C=O) groups is 1. The summed E-state index contributed by atoms with van der Waals surface area (Å²) in [6, 6.07) is 10.5. The highest BCUT2D eigenvalue weighted by atomic mass is 32.1. The van der Waals surface area contributed by atoms with Crippen molar-refractivity contribution in [3.05, 3.63) is 73.1 Å². The van der Waals surface area contributed by atoms with Gasteiger partial charge in [0.1, 0.15) is 12.4 Å². The van der Waals surface area contributed by atoms with Crippen molar-refractivity contribution in [2.75, 3.05) is 26.2 Å². The minimum atomic E-state index is 0.143. The lowest BCUT2D eigenvalue weighted by Gasteiger charge is -2.34. The van der Waals surface area contributed by atoms with Gasteiger partial charge in [0.05, 0.1) is 4.88 Å². The number of aryl methyl sites for hydroxylation is 3. The van der Waals surface area contributed by atoms with Crippen molar-refractivity contribution < 1.29 is 9.53 Å². The molecular formula is C24H28N2O2S2. The molecule has 1 aliphatic heterocycles. The fraction of sp³-hybridized carbons (Fsp3) is 0.375. The van der Waals surface area contributed by atoms with Crippen LogP contribution >= 0.6 is 22.7 Å². The number of hydrogen-bond donors (Lipinski definition) is 0. The zero-order valence-electron chi connectivity index (χ0n) is 17.8. The standard InChI is InChI=1S/C24H28N2O2S2/c1-17-11-18(2)23(19(3)12-17)28-15-20-13-22(30-16-20)24(27)26-8-6-25(7-9-26)14-21-5-4-10-29-21/h4-5,10-13,16H,6-9,14-15H2,1-3H3. The molecule has 1 amide bonds. The first-order chi connectivity index (χ1) is 14.5. The molecule has 0 N–H and O–H groups in total. The fourth-order valence-electron chi connectivity index (χ4n) is 4.00. The van der Waals surface area contributed by atoms with Crippen LogP contribution in [-0.4, -0.2) is 41.9 Å². The Bertz CT molecular complexity index is 979. The third-order valence-corrected chi connectivity index (χ3v) is 7.30. The Morgan fingerprint density at radius 3 is 2.43 bits per heavy atom. The highest BCUT2D eigenvalue weighted by Crippen LogP contribution is 2.26. The van der Waals surface area contributed by atoms with Gasteiger partial charge >= 0.3 is 0 Å². The Morgan fingerprint density at radius 1 is 1.03 bits per heavy atom. The van der Waals surface area contributed by atoms with E-state index in [1.54, 1.807) is 11.3 Å². The lowest BCUT2D eigenvalue weighted by atomic mass is 10.1. The molecular weight excluding hydrogens is 412 g/mol. The van der Waals surface area contributed by atoms with Crippen molar-refractivity contribution in [1.82, 2.24) is 9.80 Å². The predicted octanol–water partition coefficient (Wildman–Crippen LogP) is 5.27. The lowest BCUT2D eigenvalue weighted by molar-refractivity contribution is 0.0634. The van der Waals surface area contributed by atoms with Crippen LogP contribution in [0.5, 0.6) is 5.75 Å². The molecule has 6 heteroatoms. The van der Waals surface area contributed by atoms with Crippen LogP contribution in [0.15, 0.2) is 41.1 Å². The molecule has 3 aromatic rings. The van der Waals surface area contributed by atoms with Crippen molar-refractivity contribution in [1.29, 1.82) is 0 Å². The first-order valence-corrected chi connectivity index (χ1v) is 12.1. The van der Waals surface area contributed by atoms with Gasteiger partial charge in [0, 0.05) is 43.2 Å². The van der Waals surface area contributed by atoms with E-state index in [9.17, 15) is 4.79 Å². The van der Waals surface area contributed by atoms with Gasteiger partial charge in [0.2, 0.25) is 0 Å². The second-order valence-electron chi connectivity index (χ2n) is 7.98. The summed E-state index contributed by atoms with van der Waals surface area (Å²) in [6.07, 6.45) is 0. The molecule has 158 valence electrons. The zero-order valence-corrected chi connectivity index (χ0v) is 19.4. The second-order valence-corrected chi connectivity index (χ2v) is 9.93. The van der Waals surface area contributed by atoms with Crippen LogP contribution in [0.25, 0.3) is 0 Å². The molecule has 0 aliphatic carbocycles. The number of benzene rings is 1. The number of rotatable bonds is 6. The zero-order chi connectivity index (χ0) is 21.1. The number of nitrogens with zero attached hydrogens (tertiary/aromatic N) is 2. The normalized spacial score (nSPS) is 14.8. The van der Waals surface area contributed by atoms with Gasteiger partial charge in [0.15, 0.2) is 0 Å². The van der Waals surface area contributed by atoms with Gasteiger partial charge in [-0.2, -0.15) is 0 Å². The maximum Gasteiger partial charge on any atom is 0.264 e. The maximum atomic E-state index is 12.9. The molecule has 30 heavy (non-hydrogen) atoms. The Labute approximate surface area is 186 Å². The second kappa shape index (κ2) is 9.33. The van der Waals surface area contributed by atoms with Crippen LogP contribution in [0.3, 0.4) is 0 Å². The number of amides is 1. The van der Waals surface area contributed by atoms with Crippen LogP contribution in [-0.2, 0) is 13.2 Å². The molecule has 1 aliphatic rings. The van der Waals surface area contributed by atoms with E-state index in [0.29, 0.717) is 6.61 Å². The summed E-state index contributed by atoms with van der Waals surface area (Å²) >= 11 is 3.31. The van der Waals surface area contributed by atoms with Crippen molar-refractivity contribution in [2.24, 2.45) is 0 Å². The van der Waals surface area contributed by atoms with Gasteiger partial charge < -0.3 is 9.64 Å². The van der Waals surface area contributed by atoms with Gasteiger partial charge in [-0.1, -0.05) is 23.8 Å². The molecule has 0 bridgehead atoms. The number of carbonyl (C=O) groups excluding carboxylic acids is 1. The summed E-state index contributed by atoms with van der Waals surface area (Å²) in [4.78, 5) is 19.5. The summed E-state index contributed by atoms with van der Waals surface area (Å²) in [5, 5.41) is 4.16. The van der Waals surface area contributed by atoms with Crippen LogP contribution in [0.1, 0.15) is 36.8 Å². The molecule has 1 saturated heterocycles. The first kappa shape index (κ1) is 21.1. The van der Waals surface area contributed by atoms with E-state index in [-0.39, 0.29) is 5.91 Å². The van der Waals surface area contributed by atoms with Gasteiger partial charge in [-0.15, -0.1) is 22.7 Å². The number of hydrogen-bond acceptors (Lipinski definition) is 5. The van der Waals surface area contributed by atoms with Gasteiger partial charge in [-0.05, 0) is 54.8 Å². The summed E-state index contributed by atoms with van der Waals surface area (Å²) < 4.78 is 6.09. The molecule has 3 heterocycles. The Kier molecular flexibility index (Phi) is 6.56. The Balaban J connectivity index is 1.31. The monoisotopic (exact) mass is 440 g/mol. The average molecular weight is 441 g/mol. The lowest BCUT2D eigenvalue weighted by Crippen LogP contribution is -2.48. The molecule has 0 atom stereocenters. The highest BCUT2D eigenvalue weighted by molar-refractivity contribution is 7.12. The Morgan fingerprint density at radius 2 is 1.77 bits per heavy atom. The van der Waals surface area contributed by atoms with Gasteiger partial charge in [-0.3, -0.25) is 9.69 Å². The van der Waals surface area contributed by atoms with Crippen LogP contribution in [0.4, 0.5) is 0 Å². The maximum absolute atomic E-state index is 12.9. The number of piperazine rings is 1. The molecule has 4 nitrogen and oxygen atoms in total. The van der Waals surface area contributed by atoms with Gasteiger partial charge in [0.25, 0.3) is 5.91 Å². The van der Waals surface area contributed by atoms with Crippen LogP contribution < -0.4 is 4.74 Å². The van der Waals surface area contributed by atoms with Crippen molar-refractivity contribution in [2.45, 2.75) is 33.9 Å². The molecule has 2 aromatic heterocycles. The summed E-state index contributed by atoms with van der Waals surface area (Å²) in [5.41, 5.74) is 4.61. The summed E-state index contributed by atoms with van der Waals surface area (Å²) in [7, 11) is 0. The average Bonchev–Trinajstić information content (AvgIpc) is 3.39. The molecule has 1 aromatic carbocycles. The van der Waals surface area contributed by atoms with Crippen LogP contribution in [0.2, 0.25) is 0 Å². The van der Waals surface area contributed by atoms with E-state index >= 15 is 0 Å². The molecule has 0 saturated carbocycles. The Hall–Kier alpha value is -2.15. The van der Waals surface area contributed by atoms with Crippen molar-refractivity contribution >= 4 is 28.6 Å². The van der Waals surface area contributed by atoms with E-state index in [2.05, 4.69) is 55.3 Å². The van der Waals surface area contributed by atoms with Crippen LogP contribution in [0, 0.1) is 20.8 Å². The molecule has 4 rings (SSSR count). The first-order valence-electron chi connectivity index (χ1n) is 10.3. The number of thiophene rings is 2. The molecule has 0 radical (unpaired) electrons. The minimum Gasteiger partial charge on any atom is -0.488 e. The quantitative estimate of drug-likeness (QED) is 0.523. The van der Waals surface area contributed by atoms with E-state index in [0.717, 1.165) is 60.0 Å². The van der Waals surface area contributed by atoms with Gasteiger partial charge in [-0.25, -0.2) is 0 Å². The summed E-state index contributed by atoms with van der Waals surface area (Å²) in [6.45, 7) is 11.2. The van der Waals surface area contributed by atoms with E-state index < -0.39 is 0 Å². The highest BCUT2D eigenvalue weighted by Gasteiger charge is 2.23. The fourth-order valence-corrected chi connectivity index (χ4v) is 5.61. The predicted molar refractivity (Wildman–Crippen MR) is 125 cm³/mol. The van der Waals surface area contributed by atoms with E-state index in [1.807, 2.05) is 16.3 Å². The summed E-state index contributed by atoms with van der Waals surface area (Å²) in [5.74, 6) is 1.09. The minimum absolute atomic E-state index is 0.143. The molecule has 1 fully saturated rings. The van der Waals surface area contributed by atoms with Crippen molar-refractivity contribution in [3.63, 3.8) is 0 Å². The number of ether oxygens (including phenoxy) is 1. The van der Waals surface area contributed by atoms with E-state index in [1.165, 1.54) is 21.8 Å². The molecule has 0 unspecified atom stereocenters. The largest absolute Gasteiger partial charge is 0.488 e. The SMILES string of the molecule is Cc1cc(C)c(OCc2csc(C(=O)N3CCN(Cc4cccs4)CC3)c2)c(C)c1. The third-order valence-electron chi connectivity index (χ3n) is 5.47.